The van der Waals surface area contributed by atoms with Gasteiger partial charge in [0.05, 0.1) is 5.75 Å². The Kier molecular flexibility index (Phi) is 5.83. The molecule has 0 aromatic heterocycles. The van der Waals surface area contributed by atoms with E-state index in [4.69, 9.17) is 0 Å². The normalized spacial score (nSPS) is 14.1. The topological polar surface area (TPSA) is 46.2 Å². The molecule has 0 aliphatic heterocycles. The summed E-state index contributed by atoms with van der Waals surface area (Å²) in [5.41, 5.74) is 0. The monoisotopic (exact) mass is 269 g/mol. The van der Waals surface area contributed by atoms with Crippen molar-refractivity contribution in [3.63, 3.8) is 0 Å². The van der Waals surface area contributed by atoms with Crippen LogP contribution in [0.25, 0.3) is 0 Å². The van der Waals surface area contributed by atoms with Gasteiger partial charge in [-0.05, 0) is 6.92 Å². The molecule has 0 aliphatic carbocycles. The van der Waals surface area contributed by atoms with Crippen LogP contribution in [0.5, 0.6) is 0 Å². The molecule has 1 unspecified atom stereocenters. The molecule has 0 aromatic carbocycles. The summed E-state index contributed by atoms with van der Waals surface area (Å²) in [5.74, 6) is 0.387. The summed E-state index contributed by atoms with van der Waals surface area (Å²) < 4.78 is 23.2. The molecule has 0 heterocycles. The smallest absolute Gasteiger partial charge is 0.151 e. The first kappa shape index (κ1) is 13.1. The molecule has 1 N–H and O–H groups in total. The van der Waals surface area contributed by atoms with Gasteiger partial charge in [-0.3, -0.25) is 0 Å². The van der Waals surface area contributed by atoms with Crippen molar-refractivity contribution >= 4 is 25.8 Å². The lowest BCUT2D eigenvalue weighted by Crippen LogP contribution is -2.34. The van der Waals surface area contributed by atoms with Crippen LogP contribution in [0.3, 0.4) is 0 Å². The summed E-state index contributed by atoms with van der Waals surface area (Å²) in [4.78, 5) is 0. The van der Waals surface area contributed by atoms with E-state index in [2.05, 4.69) is 27.8 Å². The second-order valence-electron chi connectivity index (χ2n) is 3.00. The Balaban J connectivity index is 3.88. The Morgan fingerprint density at radius 1 is 1.62 bits per heavy atom. The molecule has 3 nitrogen and oxygen atoms in total. The molecule has 0 spiro atoms. The predicted octanol–water partition coefficient (Wildman–Crippen LogP) is 1.31. The van der Waals surface area contributed by atoms with Crippen molar-refractivity contribution in [1.82, 2.24) is 5.32 Å². The number of nitrogens with one attached hydrogen (secondary N) is 1. The molecule has 78 valence electrons. The molecule has 0 radical (unpaired) electrons. The van der Waals surface area contributed by atoms with Gasteiger partial charge < -0.3 is 5.32 Å². The zero-order chi connectivity index (χ0) is 10.5. The van der Waals surface area contributed by atoms with Crippen molar-refractivity contribution in [2.24, 2.45) is 0 Å². The largest absolute Gasteiger partial charge is 0.309 e. The fourth-order valence-electron chi connectivity index (χ4n) is 0.843. The molecule has 0 aromatic rings. The zero-order valence-corrected chi connectivity index (χ0v) is 10.4. The third-order valence-corrected chi connectivity index (χ3v) is 3.75. The van der Waals surface area contributed by atoms with Crippen molar-refractivity contribution in [3.8, 4) is 0 Å². The van der Waals surface area contributed by atoms with Gasteiger partial charge >= 0.3 is 0 Å². The second-order valence-corrected chi connectivity index (χ2v) is 6.52. The van der Waals surface area contributed by atoms with Crippen molar-refractivity contribution < 1.29 is 8.42 Å². The molecular formula is C8H16BrNO2S. The second kappa shape index (κ2) is 5.78. The SMILES string of the molecule is C=C(Br)CNC(C)CS(=O)(=O)CC. The van der Waals surface area contributed by atoms with Gasteiger partial charge in [0, 0.05) is 22.8 Å². The third-order valence-electron chi connectivity index (χ3n) is 1.59. The summed E-state index contributed by atoms with van der Waals surface area (Å²) in [5, 5.41) is 3.05. The molecule has 0 saturated heterocycles. The van der Waals surface area contributed by atoms with Crippen LogP contribution >= 0.6 is 15.9 Å². The Morgan fingerprint density at radius 3 is 2.54 bits per heavy atom. The van der Waals surface area contributed by atoms with E-state index < -0.39 is 9.84 Å². The van der Waals surface area contributed by atoms with Crippen LogP contribution in [0.1, 0.15) is 13.8 Å². The van der Waals surface area contributed by atoms with E-state index in [-0.39, 0.29) is 17.5 Å². The summed E-state index contributed by atoms with van der Waals surface area (Å²) in [7, 11) is -2.87. The quantitative estimate of drug-likeness (QED) is 0.791. The van der Waals surface area contributed by atoms with Gasteiger partial charge in [0.15, 0.2) is 9.84 Å². The predicted molar refractivity (Wildman–Crippen MR) is 59.9 cm³/mol. The van der Waals surface area contributed by atoms with Gasteiger partial charge in [-0.15, -0.1) is 0 Å². The minimum Gasteiger partial charge on any atom is -0.309 e. The molecule has 0 amide bonds. The van der Waals surface area contributed by atoms with Gasteiger partial charge in [0.25, 0.3) is 0 Å². The van der Waals surface area contributed by atoms with Gasteiger partial charge in [-0.2, -0.15) is 0 Å². The molecule has 5 heteroatoms. The minimum atomic E-state index is -2.87. The lowest BCUT2D eigenvalue weighted by molar-refractivity contribution is 0.572. The summed E-state index contributed by atoms with van der Waals surface area (Å²) in [6.45, 7) is 7.75. The highest BCUT2D eigenvalue weighted by atomic mass is 79.9. The van der Waals surface area contributed by atoms with Crippen LogP contribution in [0.4, 0.5) is 0 Å². The van der Waals surface area contributed by atoms with Gasteiger partial charge in [-0.25, -0.2) is 8.42 Å². The number of rotatable bonds is 6. The number of sulfone groups is 1. The van der Waals surface area contributed by atoms with E-state index in [1.165, 1.54) is 0 Å². The zero-order valence-electron chi connectivity index (χ0n) is 8.01. The van der Waals surface area contributed by atoms with Crippen LogP contribution in [-0.2, 0) is 9.84 Å². The van der Waals surface area contributed by atoms with Crippen LogP contribution in [0, 0.1) is 0 Å². The van der Waals surface area contributed by atoms with E-state index in [1.54, 1.807) is 6.92 Å². The van der Waals surface area contributed by atoms with Crippen molar-refractivity contribution in [2.45, 2.75) is 19.9 Å². The highest BCUT2D eigenvalue weighted by Gasteiger charge is 2.12. The first-order chi connectivity index (χ1) is 5.87. The minimum absolute atomic E-state index is 0.0285. The maximum Gasteiger partial charge on any atom is 0.151 e. The van der Waals surface area contributed by atoms with E-state index in [9.17, 15) is 8.42 Å². The molecule has 0 bridgehead atoms. The Bertz CT molecular complexity index is 261. The van der Waals surface area contributed by atoms with Crippen molar-refractivity contribution in [1.29, 1.82) is 0 Å². The number of hydrogen-bond acceptors (Lipinski definition) is 3. The lowest BCUT2D eigenvalue weighted by atomic mass is 10.4. The Labute approximate surface area is 88.6 Å². The molecule has 0 aliphatic rings. The van der Waals surface area contributed by atoms with E-state index in [1.807, 2.05) is 6.92 Å². The first-order valence-corrected chi connectivity index (χ1v) is 6.76. The van der Waals surface area contributed by atoms with Crippen LogP contribution in [0.2, 0.25) is 0 Å². The van der Waals surface area contributed by atoms with E-state index >= 15 is 0 Å². The highest BCUT2D eigenvalue weighted by Crippen LogP contribution is 1.99. The molecule has 13 heavy (non-hydrogen) atoms. The number of halogens is 1. The maximum atomic E-state index is 11.2. The first-order valence-electron chi connectivity index (χ1n) is 4.14. The molecule has 0 rings (SSSR count). The Morgan fingerprint density at radius 2 is 2.15 bits per heavy atom. The average Bonchev–Trinajstić information content (AvgIpc) is 2.00. The van der Waals surface area contributed by atoms with Crippen molar-refractivity contribution in [3.05, 3.63) is 11.1 Å². The fraction of sp³-hybridized carbons (Fsp3) is 0.750. The third kappa shape index (κ3) is 7.22. The highest BCUT2D eigenvalue weighted by molar-refractivity contribution is 9.11. The van der Waals surface area contributed by atoms with Gasteiger partial charge in [-0.1, -0.05) is 29.4 Å². The van der Waals surface area contributed by atoms with Gasteiger partial charge in [0.2, 0.25) is 0 Å². The summed E-state index contributed by atoms with van der Waals surface area (Å²) in [6, 6.07) is -0.0285. The van der Waals surface area contributed by atoms with Crippen LogP contribution in [0.15, 0.2) is 11.1 Å². The van der Waals surface area contributed by atoms with Crippen LogP contribution < -0.4 is 5.32 Å². The Hall–Kier alpha value is 0.130. The molecule has 0 saturated carbocycles. The van der Waals surface area contributed by atoms with E-state index in [0.717, 1.165) is 4.48 Å². The summed E-state index contributed by atoms with van der Waals surface area (Å²) in [6.07, 6.45) is 0. The van der Waals surface area contributed by atoms with Crippen molar-refractivity contribution in [2.75, 3.05) is 18.1 Å². The average molecular weight is 270 g/mol. The van der Waals surface area contributed by atoms with E-state index in [0.29, 0.717) is 6.54 Å². The van der Waals surface area contributed by atoms with Crippen LogP contribution in [-0.4, -0.2) is 32.5 Å². The molecular weight excluding hydrogens is 254 g/mol. The maximum absolute atomic E-state index is 11.2. The molecule has 0 fully saturated rings. The van der Waals surface area contributed by atoms with Gasteiger partial charge in [0.1, 0.15) is 0 Å². The fourth-order valence-corrected chi connectivity index (χ4v) is 2.12. The lowest BCUT2D eigenvalue weighted by Gasteiger charge is -2.12. The molecule has 1 atom stereocenters. The standard InChI is InChI=1S/C8H16BrNO2S/c1-4-13(11,12)6-8(3)10-5-7(2)9/h8,10H,2,4-6H2,1,3H3. The summed E-state index contributed by atoms with van der Waals surface area (Å²) >= 11 is 3.19. The number of hydrogen-bond donors (Lipinski definition) is 1.